The number of ether oxygens (including phenoxy) is 3. The largest absolute Gasteiger partial charge is 0.489 e. The normalized spacial score (nSPS) is 29.5. The molecule has 0 N–H and O–H groups in total. The van der Waals surface area contributed by atoms with E-state index in [4.69, 9.17) is 14.2 Å². The first-order chi connectivity index (χ1) is 8.34. The molecule has 2 aliphatic rings. The van der Waals surface area contributed by atoms with Gasteiger partial charge in [-0.25, -0.2) is 0 Å². The van der Waals surface area contributed by atoms with Crippen LogP contribution < -0.4 is 4.74 Å². The summed E-state index contributed by atoms with van der Waals surface area (Å²) >= 11 is 0. The summed E-state index contributed by atoms with van der Waals surface area (Å²) in [7, 11) is 0. The first kappa shape index (κ1) is 11.1. The minimum atomic E-state index is 0.170. The van der Waals surface area contributed by atoms with Gasteiger partial charge in [-0.3, -0.25) is 0 Å². The highest BCUT2D eigenvalue weighted by Gasteiger charge is 2.33. The van der Waals surface area contributed by atoms with Gasteiger partial charge < -0.3 is 14.2 Å². The highest BCUT2D eigenvalue weighted by Crippen LogP contribution is 2.33. The van der Waals surface area contributed by atoms with Crippen LogP contribution in [0.3, 0.4) is 0 Å². The van der Waals surface area contributed by atoms with E-state index >= 15 is 0 Å². The van der Waals surface area contributed by atoms with Gasteiger partial charge in [-0.2, -0.15) is 0 Å². The summed E-state index contributed by atoms with van der Waals surface area (Å²) in [5, 5.41) is 0. The molecule has 3 atom stereocenters. The molecule has 1 aromatic rings. The van der Waals surface area contributed by atoms with Crippen molar-refractivity contribution in [3.63, 3.8) is 0 Å². The molecule has 0 bridgehead atoms. The highest BCUT2D eigenvalue weighted by molar-refractivity contribution is 5.37. The Morgan fingerprint density at radius 3 is 2.82 bits per heavy atom. The fraction of sp³-hybridized carbons (Fsp3) is 0.571. The maximum Gasteiger partial charge on any atom is 0.123 e. The Labute approximate surface area is 102 Å². The van der Waals surface area contributed by atoms with Crippen LogP contribution in [0.15, 0.2) is 24.3 Å². The lowest BCUT2D eigenvalue weighted by Gasteiger charge is -2.31. The third-order valence-corrected chi connectivity index (χ3v) is 3.69. The van der Waals surface area contributed by atoms with E-state index in [1.54, 1.807) is 0 Å². The molecule has 17 heavy (non-hydrogen) atoms. The van der Waals surface area contributed by atoms with Gasteiger partial charge in [0.05, 0.1) is 25.9 Å². The highest BCUT2D eigenvalue weighted by atomic mass is 16.6. The Morgan fingerprint density at radius 1 is 1.18 bits per heavy atom. The van der Waals surface area contributed by atoms with Gasteiger partial charge in [0.25, 0.3) is 0 Å². The van der Waals surface area contributed by atoms with Crippen LogP contribution in [0.1, 0.15) is 12.5 Å². The summed E-state index contributed by atoms with van der Waals surface area (Å²) in [6.07, 6.45) is 1.37. The predicted octanol–water partition coefficient (Wildman–Crippen LogP) is 2.04. The maximum absolute atomic E-state index is 5.99. The summed E-state index contributed by atoms with van der Waals surface area (Å²) in [4.78, 5) is 0. The van der Waals surface area contributed by atoms with E-state index in [-0.39, 0.29) is 12.2 Å². The molecule has 0 saturated carbocycles. The Balaban J connectivity index is 1.67. The van der Waals surface area contributed by atoms with E-state index in [0.29, 0.717) is 19.1 Å². The minimum Gasteiger partial charge on any atom is -0.489 e. The van der Waals surface area contributed by atoms with E-state index in [2.05, 4.69) is 19.1 Å². The van der Waals surface area contributed by atoms with Crippen LogP contribution >= 0.6 is 0 Å². The first-order valence-corrected chi connectivity index (χ1v) is 6.28. The molecule has 0 amide bonds. The molecule has 0 aliphatic carbocycles. The summed E-state index contributed by atoms with van der Waals surface area (Å²) in [5.74, 6) is 1.39. The Hall–Kier alpha value is -1.06. The number of rotatable bonds is 2. The Bertz CT molecular complexity index is 360. The van der Waals surface area contributed by atoms with Crippen LogP contribution in [0.5, 0.6) is 5.75 Å². The Morgan fingerprint density at radius 2 is 2.06 bits per heavy atom. The second-order valence-corrected chi connectivity index (χ2v) is 4.81. The lowest BCUT2D eigenvalue weighted by atomic mass is 9.94. The third-order valence-electron chi connectivity index (χ3n) is 3.69. The topological polar surface area (TPSA) is 27.7 Å². The SMILES string of the molecule is CC(C1COCCO1)C1Cc2ccccc2O1. The zero-order valence-corrected chi connectivity index (χ0v) is 10.1. The fourth-order valence-electron chi connectivity index (χ4n) is 2.55. The van der Waals surface area contributed by atoms with Crippen molar-refractivity contribution in [1.82, 2.24) is 0 Å². The van der Waals surface area contributed by atoms with Crippen molar-refractivity contribution in [2.45, 2.75) is 25.6 Å². The minimum absolute atomic E-state index is 0.170. The number of fused-ring (bicyclic) bond motifs is 1. The molecule has 2 heterocycles. The summed E-state index contributed by atoms with van der Waals surface area (Å²) < 4.78 is 17.2. The van der Waals surface area contributed by atoms with Crippen LogP contribution in [0.25, 0.3) is 0 Å². The van der Waals surface area contributed by atoms with E-state index in [1.807, 2.05) is 12.1 Å². The van der Waals surface area contributed by atoms with Crippen molar-refractivity contribution in [2.24, 2.45) is 5.92 Å². The average Bonchev–Trinajstić information content (AvgIpc) is 2.82. The second kappa shape index (κ2) is 4.67. The molecule has 3 heteroatoms. The van der Waals surface area contributed by atoms with E-state index in [9.17, 15) is 0 Å². The van der Waals surface area contributed by atoms with Gasteiger partial charge in [-0.15, -0.1) is 0 Å². The summed E-state index contributed by atoms with van der Waals surface area (Å²) in [5.41, 5.74) is 1.31. The number of benzene rings is 1. The maximum atomic E-state index is 5.99. The molecule has 1 saturated heterocycles. The fourth-order valence-corrected chi connectivity index (χ4v) is 2.55. The molecule has 3 unspecified atom stereocenters. The quantitative estimate of drug-likeness (QED) is 0.783. The standard InChI is InChI=1S/C14H18O3/c1-10(14-9-15-6-7-16-14)13-8-11-4-2-3-5-12(11)17-13/h2-5,10,13-14H,6-9H2,1H3. The molecule has 0 aromatic heterocycles. The molecule has 0 spiro atoms. The summed E-state index contributed by atoms with van der Waals surface area (Å²) in [6.45, 7) is 4.30. The van der Waals surface area contributed by atoms with Crippen LogP contribution in [-0.4, -0.2) is 32.0 Å². The molecular formula is C14H18O3. The Kier molecular flexibility index (Phi) is 3.04. The molecule has 0 radical (unpaired) electrons. The van der Waals surface area contributed by atoms with Gasteiger partial charge in [-0.1, -0.05) is 25.1 Å². The molecule has 1 fully saturated rings. The molecule has 3 nitrogen and oxygen atoms in total. The molecule has 3 rings (SSSR count). The second-order valence-electron chi connectivity index (χ2n) is 4.81. The monoisotopic (exact) mass is 234 g/mol. The van der Waals surface area contributed by atoms with E-state index in [1.165, 1.54) is 5.56 Å². The zero-order chi connectivity index (χ0) is 11.7. The molecule has 2 aliphatic heterocycles. The molecule has 1 aromatic carbocycles. The van der Waals surface area contributed by atoms with Crippen LogP contribution in [0.2, 0.25) is 0 Å². The predicted molar refractivity (Wildman–Crippen MR) is 64.3 cm³/mol. The van der Waals surface area contributed by atoms with Crippen molar-refractivity contribution >= 4 is 0 Å². The lowest BCUT2D eigenvalue weighted by Crippen LogP contribution is -2.40. The number of para-hydroxylation sites is 1. The van der Waals surface area contributed by atoms with E-state index in [0.717, 1.165) is 18.8 Å². The van der Waals surface area contributed by atoms with Gasteiger partial charge in [0.15, 0.2) is 0 Å². The smallest absolute Gasteiger partial charge is 0.123 e. The van der Waals surface area contributed by atoms with Crippen LogP contribution in [0.4, 0.5) is 0 Å². The van der Waals surface area contributed by atoms with Crippen molar-refractivity contribution < 1.29 is 14.2 Å². The third kappa shape index (κ3) is 2.17. The van der Waals surface area contributed by atoms with E-state index < -0.39 is 0 Å². The van der Waals surface area contributed by atoms with Gasteiger partial charge in [0.2, 0.25) is 0 Å². The summed E-state index contributed by atoms with van der Waals surface area (Å²) in [6, 6.07) is 8.27. The van der Waals surface area contributed by atoms with Crippen molar-refractivity contribution in [2.75, 3.05) is 19.8 Å². The van der Waals surface area contributed by atoms with Crippen molar-refractivity contribution in [1.29, 1.82) is 0 Å². The lowest BCUT2D eigenvalue weighted by molar-refractivity contribution is -0.121. The van der Waals surface area contributed by atoms with Crippen LogP contribution in [-0.2, 0) is 15.9 Å². The number of hydrogen-bond acceptors (Lipinski definition) is 3. The van der Waals surface area contributed by atoms with Crippen molar-refractivity contribution in [3.8, 4) is 5.75 Å². The van der Waals surface area contributed by atoms with Gasteiger partial charge >= 0.3 is 0 Å². The van der Waals surface area contributed by atoms with Crippen molar-refractivity contribution in [3.05, 3.63) is 29.8 Å². The molecular weight excluding hydrogens is 216 g/mol. The zero-order valence-electron chi connectivity index (χ0n) is 10.1. The van der Waals surface area contributed by atoms with Gasteiger partial charge in [0.1, 0.15) is 11.9 Å². The number of hydrogen-bond donors (Lipinski definition) is 0. The van der Waals surface area contributed by atoms with Gasteiger partial charge in [-0.05, 0) is 11.6 Å². The molecule has 92 valence electrons. The van der Waals surface area contributed by atoms with Gasteiger partial charge in [0, 0.05) is 12.3 Å². The van der Waals surface area contributed by atoms with Crippen LogP contribution in [0, 0.1) is 5.92 Å². The first-order valence-electron chi connectivity index (χ1n) is 6.28. The average molecular weight is 234 g/mol.